The van der Waals surface area contributed by atoms with E-state index in [0.717, 1.165) is 5.92 Å². The highest BCUT2D eigenvalue weighted by Gasteiger charge is 2.18. The first-order valence-electron chi connectivity index (χ1n) is 3.56. The topological polar surface area (TPSA) is 21.3 Å². The fourth-order valence-corrected chi connectivity index (χ4v) is 1.08. The van der Waals surface area contributed by atoms with E-state index in [0.29, 0.717) is 6.10 Å². The van der Waals surface area contributed by atoms with Crippen molar-refractivity contribution in [2.45, 2.75) is 19.4 Å². The maximum Gasteiger partial charge on any atom is 0.0546 e. The second kappa shape index (κ2) is 3.18. The van der Waals surface area contributed by atoms with Crippen molar-refractivity contribution in [2.75, 3.05) is 20.2 Å². The van der Waals surface area contributed by atoms with Gasteiger partial charge in [0.15, 0.2) is 0 Å². The molecule has 1 unspecified atom stereocenters. The molecule has 2 heteroatoms. The average molecular weight is 129 g/mol. The molecule has 0 aromatic heterocycles. The van der Waals surface area contributed by atoms with Crippen molar-refractivity contribution in [1.29, 1.82) is 0 Å². The van der Waals surface area contributed by atoms with E-state index >= 15 is 0 Å². The Bertz CT molecular complexity index is 78.2. The molecule has 0 aliphatic carbocycles. The zero-order valence-corrected chi connectivity index (χ0v) is 6.18. The third-order valence-electron chi connectivity index (χ3n) is 1.93. The first-order valence-corrected chi connectivity index (χ1v) is 3.56. The fourth-order valence-electron chi connectivity index (χ4n) is 1.08. The van der Waals surface area contributed by atoms with Gasteiger partial charge >= 0.3 is 0 Å². The van der Waals surface area contributed by atoms with E-state index in [4.69, 9.17) is 4.74 Å². The number of methoxy groups -OCH3 is 1. The minimum absolute atomic E-state index is 0.442. The zero-order valence-electron chi connectivity index (χ0n) is 6.18. The van der Waals surface area contributed by atoms with Gasteiger partial charge in [0.2, 0.25) is 0 Å². The molecule has 2 nitrogen and oxygen atoms in total. The van der Waals surface area contributed by atoms with Crippen LogP contribution in [0.3, 0.4) is 0 Å². The van der Waals surface area contributed by atoms with Crippen LogP contribution in [0.5, 0.6) is 0 Å². The second-order valence-corrected chi connectivity index (χ2v) is 2.81. The van der Waals surface area contributed by atoms with E-state index in [1.165, 1.54) is 19.5 Å². The Balaban J connectivity index is 2.01. The number of hydrogen-bond acceptors (Lipinski definition) is 2. The summed E-state index contributed by atoms with van der Waals surface area (Å²) in [5.74, 6) is 0.875. The Kier molecular flexibility index (Phi) is 2.49. The summed E-state index contributed by atoms with van der Waals surface area (Å²) in [5, 5.41) is 3.24. The van der Waals surface area contributed by atoms with Crippen molar-refractivity contribution in [3.8, 4) is 0 Å². The molecule has 1 heterocycles. The normalized spacial score (nSPS) is 23.3. The van der Waals surface area contributed by atoms with Crippen molar-refractivity contribution in [3.05, 3.63) is 0 Å². The van der Waals surface area contributed by atoms with E-state index in [1.807, 2.05) is 0 Å². The molecule has 0 spiro atoms. The molecule has 0 saturated carbocycles. The molecule has 9 heavy (non-hydrogen) atoms. The van der Waals surface area contributed by atoms with Crippen molar-refractivity contribution >= 4 is 0 Å². The van der Waals surface area contributed by atoms with E-state index < -0.39 is 0 Å². The summed E-state index contributed by atoms with van der Waals surface area (Å²) in [7, 11) is 1.77. The molecule has 1 aliphatic rings. The summed E-state index contributed by atoms with van der Waals surface area (Å²) in [6, 6.07) is 0. The summed E-state index contributed by atoms with van der Waals surface area (Å²) in [6.07, 6.45) is 1.65. The van der Waals surface area contributed by atoms with Crippen LogP contribution in [-0.4, -0.2) is 26.3 Å². The van der Waals surface area contributed by atoms with Gasteiger partial charge in [-0.1, -0.05) is 0 Å². The Morgan fingerprint density at radius 3 is 2.67 bits per heavy atom. The van der Waals surface area contributed by atoms with Gasteiger partial charge in [-0.25, -0.2) is 0 Å². The molecule has 1 N–H and O–H groups in total. The second-order valence-electron chi connectivity index (χ2n) is 2.81. The third-order valence-corrected chi connectivity index (χ3v) is 1.93. The fraction of sp³-hybridized carbons (Fsp3) is 1.00. The highest BCUT2D eigenvalue weighted by molar-refractivity contribution is 4.76. The smallest absolute Gasteiger partial charge is 0.0546 e. The highest BCUT2D eigenvalue weighted by atomic mass is 16.5. The molecule has 54 valence electrons. The van der Waals surface area contributed by atoms with Crippen LogP contribution in [0.2, 0.25) is 0 Å². The van der Waals surface area contributed by atoms with Crippen LogP contribution in [0.4, 0.5) is 0 Å². The molecule has 1 rings (SSSR count). The lowest BCUT2D eigenvalue weighted by Crippen LogP contribution is -2.43. The van der Waals surface area contributed by atoms with Crippen LogP contribution < -0.4 is 5.32 Å². The molecule has 1 saturated heterocycles. The van der Waals surface area contributed by atoms with Gasteiger partial charge in [0.1, 0.15) is 0 Å². The van der Waals surface area contributed by atoms with Gasteiger partial charge in [0.25, 0.3) is 0 Å². The predicted molar refractivity (Wildman–Crippen MR) is 37.4 cm³/mol. The summed E-state index contributed by atoms with van der Waals surface area (Å²) in [6.45, 7) is 4.50. The van der Waals surface area contributed by atoms with Gasteiger partial charge in [-0.15, -0.1) is 0 Å². The van der Waals surface area contributed by atoms with Crippen LogP contribution >= 0.6 is 0 Å². The third kappa shape index (κ3) is 1.95. The molecule has 1 aliphatic heterocycles. The van der Waals surface area contributed by atoms with Crippen LogP contribution in [-0.2, 0) is 4.74 Å². The SMILES string of the molecule is COC(C)CC1CNC1. The molecule has 1 atom stereocenters. The number of hydrogen-bond donors (Lipinski definition) is 1. The molecule has 1 fully saturated rings. The van der Waals surface area contributed by atoms with Crippen LogP contribution in [0.25, 0.3) is 0 Å². The van der Waals surface area contributed by atoms with Gasteiger partial charge in [-0.05, 0) is 32.4 Å². The largest absolute Gasteiger partial charge is 0.382 e. The minimum Gasteiger partial charge on any atom is -0.382 e. The number of nitrogens with one attached hydrogen (secondary N) is 1. The highest BCUT2D eigenvalue weighted by Crippen LogP contribution is 2.12. The summed E-state index contributed by atoms with van der Waals surface area (Å²) in [5.41, 5.74) is 0. The Labute approximate surface area is 56.6 Å². The minimum atomic E-state index is 0.442. The van der Waals surface area contributed by atoms with E-state index in [9.17, 15) is 0 Å². The summed E-state index contributed by atoms with van der Waals surface area (Å²) >= 11 is 0. The summed E-state index contributed by atoms with van der Waals surface area (Å²) in [4.78, 5) is 0. The molecular weight excluding hydrogens is 114 g/mol. The lowest BCUT2D eigenvalue weighted by Gasteiger charge is -2.28. The number of ether oxygens (including phenoxy) is 1. The lowest BCUT2D eigenvalue weighted by molar-refractivity contribution is 0.0851. The average Bonchev–Trinajstić information content (AvgIpc) is 1.78. The molecule has 0 aromatic rings. The van der Waals surface area contributed by atoms with E-state index in [1.54, 1.807) is 7.11 Å². The first-order chi connectivity index (χ1) is 4.33. The maximum absolute atomic E-state index is 5.13. The molecule has 0 radical (unpaired) electrons. The van der Waals surface area contributed by atoms with Gasteiger partial charge in [0, 0.05) is 7.11 Å². The van der Waals surface area contributed by atoms with E-state index in [2.05, 4.69) is 12.2 Å². The Morgan fingerprint density at radius 2 is 2.33 bits per heavy atom. The molecule has 0 aromatic carbocycles. The van der Waals surface area contributed by atoms with Crippen molar-refractivity contribution in [3.63, 3.8) is 0 Å². The van der Waals surface area contributed by atoms with Crippen LogP contribution in [0.15, 0.2) is 0 Å². The number of rotatable bonds is 3. The van der Waals surface area contributed by atoms with Gasteiger partial charge in [0.05, 0.1) is 6.10 Å². The summed E-state index contributed by atoms with van der Waals surface area (Å²) < 4.78 is 5.13. The van der Waals surface area contributed by atoms with Crippen LogP contribution in [0.1, 0.15) is 13.3 Å². The zero-order chi connectivity index (χ0) is 6.69. The monoisotopic (exact) mass is 129 g/mol. The molecular formula is C7H15NO. The van der Waals surface area contributed by atoms with E-state index in [-0.39, 0.29) is 0 Å². The molecule has 0 bridgehead atoms. The van der Waals surface area contributed by atoms with Crippen molar-refractivity contribution in [1.82, 2.24) is 5.32 Å². The maximum atomic E-state index is 5.13. The van der Waals surface area contributed by atoms with Gasteiger partial charge in [-0.3, -0.25) is 0 Å². The first kappa shape index (κ1) is 7.03. The Hall–Kier alpha value is -0.0800. The quantitative estimate of drug-likeness (QED) is 0.603. The van der Waals surface area contributed by atoms with Crippen molar-refractivity contribution in [2.24, 2.45) is 5.92 Å². The van der Waals surface area contributed by atoms with Gasteiger partial charge in [-0.2, -0.15) is 0 Å². The van der Waals surface area contributed by atoms with Crippen LogP contribution in [0, 0.1) is 5.92 Å². The molecule has 0 amide bonds. The van der Waals surface area contributed by atoms with Crippen molar-refractivity contribution < 1.29 is 4.74 Å². The van der Waals surface area contributed by atoms with Gasteiger partial charge < -0.3 is 10.1 Å². The Morgan fingerprint density at radius 1 is 1.67 bits per heavy atom. The standard InChI is InChI=1S/C7H15NO/c1-6(9-2)3-7-4-8-5-7/h6-8H,3-5H2,1-2H3. The predicted octanol–water partition coefficient (Wildman–Crippen LogP) is 0.631. The lowest BCUT2D eigenvalue weighted by atomic mass is 9.97.